The van der Waals surface area contributed by atoms with Gasteiger partial charge in [0.15, 0.2) is 5.69 Å². The van der Waals surface area contributed by atoms with Crippen LogP contribution in [0.2, 0.25) is 0 Å². The summed E-state index contributed by atoms with van der Waals surface area (Å²) in [5.41, 5.74) is 2.33. The average molecular weight is 302 g/mol. The Balaban J connectivity index is 2.02. The van der Waals surface area contributed by atoms with Crippen molar-refractivity contribution < 1.29 is 13.9 Å². The fourth-order valence-electron chi connectivity index (χ4n) is 2.11. The molecule has 0 aliphatic heterocycles. The lowest BCUT2D eigenvalue weighted by atomic mass is 10.1. The van der Waals surface area contributed by atoms with Gasteiger partial charge in [0, 0.05) is 25.3 Å². The molecule has 2 rings (SSSR count). The molecule has 1 aromatic carbocycles. The van der Waals surface area contributed by atoms with Crippen molar-refractivity contribution in [3.8, 4) is 11.5 Å². The molecule has 22 heavy (non-hydrogen) atoms. The Morgan fingerprint density at radius 2 is 2.18 bits per heavy atom. The van der Waals surface area contributed by atoms with Gasteiger partial charge in [0.2, 0.25) is 5.89 Å². The summed E-state index contributed by atoms with van der Waals surface area (Å²) in [5, 5.41) is 2.83. The van der Waals surface area contributed by atoms with Crippen molar-refractivity contribution in [1.29, 1.82) is 0 Å². The van der Waals surface area contributed by atoms with Crippen molar-refractivity contribution in [2.45, 2.75) is 27.2 Å². The first-order valence-corrected chi connectivity index (χ1v) is 7.52. The highest BCUT2D eigenvalue weighted by Crippen LogP contribution is 2.22. The zero-order chi connectivity index (χ0) is 15.9. The Hall–Kier alpha value is -2.14. The minimum Gasteiger partial charge on any atom is -0.441 e. The van der Waals surface area contributed by atoms with Crippen LogP contribution >= 0.6 is 0 Å². The molecule has 0 atom stereocenters. The number of rotatable bonds is 7. The van der Waals surface area contributed by atoms with E-state index in [2.05, 4.69) is 10.3 Å². The van der Waals surface area contributed by atoms with E-state index in [9.17, 15) is 4.79 Å². The highest BCUT2D eigenvalue weighted by atomic mass is 16.5. The molecule has 0 saturated carbocycles. The Morgan fingerprint density at radius 3 is 2.91 bits per heavy atom. The van der Waals surface area contributed by atoms with Crippen molar-refractivity contribution in [3.05, 3.63) is 41.3 Å². The molecule has 0 radical (unpaired) electrons. The number of nitrogens with zero attached hydrogens (tertiary/aromatic N) is 1. The Morgan fingerprint density at radius 1 is 1.36 bits per heavy atom. The zero-order valence-electron chi connectivity index (χ0n) is 13.3. The number of ether oxygens (including phenoxy) is 1. The average Bonchev–Trinajstić information content (AvgIpc) is 2.89. The van der Waals surface area contributed by atoms with Crippen LogP contribution in [-0.2, 0) is 4.74 Å². The van der Waals surface area contributed by atoms with Gasteiger partial charge in [-0.25, -0.2) is 4.98 Å². The highest BCUT2D eigenvalue weighted by molar-refractivity contribution is 5.93. The number of hydrogen-bond donors (Lipinski definition) is 1. The number of amides is 1. The molecule has 0 bridgehead atoms. The number of aryl methyl sites for hydroxylation is 2. The highest BCUT2D eigenvalue weighted by Gasteiger charge is 2.17. The lowest BCUT2D eigenvalue weighted by Gasteiger charge is -2.03. The second-order valence-corrected chi connectivity index (χ2v) is 5.10. The van der Waals surface area contributed by atoms with Crippen molar-refractivity contribution in [2.24, 2.45) is 0 Å². The number of aromatic nitrogens is 1. The summed E-state index contributed by atoms with van der Waals surface area (Å²) < 4.78 is 10.9. The van der Waals surface area contributed by atoms with Gasteiger partial charge in [0.25, 0.3) is 5.91 Å². The standard InChI is InChI=1S/C17H22N2O3/c1-4-21-10-6-9-18-16(20)15-13(3)22-17(19-15)14-8-5-7-12(2)11-14/h5,7-8,11H,4,6,9-10H2,1-3H3,(H,18,20). The minimum absolute atomic E-state index is 0.211. The summed E-state index contributed by atoms with van der Waals surface area (Å²) in [7, 11) is 0. The molecule has 2 aromatic rings. The van der Waals surface area contributed by atoms with E-state index in [0.717, 1.165) is 17.5 Å². The maximum atomic E-state index is 12.1. The summed E-state index contributed by atoms with van der Waals surface area (Å²) in [6.45, 7) is 7.60. The van der Waals surface area contributed by atoms with E-state index < -0.39 is 0 Å². The van der Waals surface area contributed by atoms with Gasteiger partial charge in [-0.3, -0.25) is 4.79 Å². The van der Waals surface area contributed by atoms with Gasteiger partial charge in [0.05, 0.1) is 0 Å². The van der Waals surface area contributed by atoms with E-state index in [1.54, 1.807) is 6.92 Å². The van der Waals surface area contributed by atoms with Gasteiger partial charge < -0.3 is 14.5 Å². The molecule has 0 unspecified atom stereocenters. The summed E-state index contributed by atoms with van der Waals surface area (Å²) in [5.74, 6) is 0.788. The number of nitrogens with one attached hydrogen (secondary N) is 1. The molecule has 0 aliphatic carbocycles. The number of hydrogen-bond acceptors (Lipinski definition) is 4. The molecule has 0 aliphatic rings. The normalized spacial score (nSPS) is 10.7. The number of oxazole rings is 1. The van der Waals surface area contributed by atoms with E-state index in [0.29, 0.717) is 37.1 Å². The van der Waals surface area contributed by atoms with E-state index in [1.165, 1.54) is 0 Å². The predicted molar refractivity (Wildman–Crippen MR) is 84.9 cm³/mol. The van der Waals surface area contributed by atoms with E-state index >= 15 is 0 Å². The molecule has 0 fully saturated rings. The third-order valence-corrected chi connectivity index (χ3v) is 3.23. The SMILES string of the molecule is CCOCCCNC(=O)c1nc(-c2cccc(C)c2)oc1C. The number of carbonyl (C=O) groups excluding carboxylic acids is 1. The smallest absolute Gasteiger partial charge is 0.273 e. The molecule has 1 amide bonds. The quantitative estimate of drug-likeness (QED) is 0.798. The molecule has 5 nitrogen and oxygen atoms in total. The lowest BCUT2D eigenvalue weighted by molar-refractivity contribution is 0.0938. The van der Waals surface area contributed by atoms with Gasteiger partial charge >= 0.3 is 0 Å². The number of benzene rings is 1. The Bertz CT molecular complexity index is 635. The van der Waals surface area contributed by atoms with Crippen molar-refractivity contribution in [2.75, 3.05) is 19.8 Å². The first-order valence-electron chi connectivity index (χ1n) is 7.52. The monoisotopic (exact) mass is 302 g/mol. The predicted octanol–water partition coefficient (Wildman–Crippen LogP) is 3.11. The molecule has 118 valence electrons. The van der Waals surface area contributed by atoms with Gasteiger partial charge in [-0.2, -0.15) is 0 Å². The van der Waals surface area contributed by atoms with Gasteiger partial charge in [-0.05, 0) is 39.3 Å². The van der Waals surface area contributed by atoms with Crippen LogP contribution < -0.4 is 5.32 Å². The fourth-order valence-corrected chi connectivity index (χ4v) is 2.11. The largest absolute Gasteiger partial charge is 0.441 e. The maximum Gasteiger partial charge on any atom is 0.273 e. The molecule has 1 aromatic heterocycles. The lowest BCUT2D eigenvalue weighted by Crippen LogP contribution is -2.26. The summed E-state index contributed by atoms with van der Waals surface area (Å²) in [4.78, 5) is 16.5. The maximum absolute atomic E-state index is 12.1. The van der Waals surface area contributed by atoms with E-state index in [1.807, 2.05) is 38.1 Å². The van der Waals surface area contributed by atoms with Crippen LogP contribution in [0.3, 0.4) is 0 Å². The van der Waals surface area contributed by atoms with Gasteiger partial charge in [-0.15, -0.1) is 0 Å². The molecule has 5 heteroatoms. The molecule has 1 heterocycles. The van der Waals surface area contributed by atoms with Crippen LogP contribution in [0, 0.1) is 13.8 Å². The summed E-state index contributed by atoms with van der Waals surface area (Å²) in [6.07, 6.45) is 0.779. The van der Waals surface area contributed by atoms with Crippen LogP contribution in [0.4, 0.5) is 0 Å². The van der Waals surface area contributed by atoms with Crippen LogP contribution in [0.15, 0.2) is 28.7 Å². The van der Waals surface area contributed by atoms with Crippen LogP contribution in [0.25, 0.3) is 11.5 Å². The van der Waals surface area contributed by atoms with Crippen LogP contribution in [-0.4, -0.2) is 30.6 Å². The minimum atomic E-state index is -0.211. The van der Waals surface area contributed by atoms with Gasteiger partial charge in [-0.1, -0.05) is 17.7 Å². The van der Waals surface area contributed by atoms with Crippen LogP contribution in [0.5, 0.6) is 0 Å². The number of carbonyl (C=O) groups is 1. The first-order chi connectivity index (χ1) is 10.6. The van der Waals surface area contributed by atoms with E-state index in [4.69, 9.17) is 9.15 Å². The van der Waals surface area contributed by atoms with Crippen LogP contribution in [0.1, 0.15) is 35.2 Å². The van der Waals surface area contributed by atoms with E-state index in [-0.39, 0.29) is 5.91 Å². The zero-order valence-corrected chi connectivity index (χ0v) is 13.3. The third kappa shape index (κ3) is 4.18. The third-order valence-electron chi connectivity index (χ3n) is 3.23. The second-order valence-electron chi connectivity index (χ2n) is 5.10. The molecule has 0 spiro atoms. The fraction of sp³-hybridized carbons (Fsp3) is 0.412. The summed E-state index contributed by atoms with van der Waals surface area (Å²) in [6, 6.07) is 7.85. The molecule has 0 saturated heterocycles. The van der Waals surface area contributed by atoms with Crippen molar-refractivity contribution in [1.82, 2.24) is 10.3 Å². The Labute approximate surface area is 130 Å². The Kier molecular flexibility index (Phi) is 5.72. The molecular weight excluding hydrogens is 280 g/mol. The first kappa shape index (κ1) is 16.2. The molecular formula is C17H22N2O3. The second kappa shape index (κ2) is 7.75. The summed E-state index contributed by atoms with van der Waals surface area (Å²) >= 11 is 0. The van der Waals surface area contributed by atoms with Crippen molar-refractivity contribution >= 4 is 5.91 Å². The van der Waals surface area contributed by atoms with Gasteiger partial charge in [0.1, 0.15) is 5.76 Å². The van der Waals surface area contributed by atoms with Crippen molar-refractivity contribution in [3.63, 3.8) is 0 Å². The topological polar surface area (TPSA) is 64.4 Å². The molecule has 1 N–H and O–H groups in total.